The van der Waals surface area contributed by atoms with Gasteiger partial charge in [0.1, 0.15) is 11.9 Å². The van der Waals surface area contributed by atoms with Gasteiger partial charge in [-0.2, -0.15) is 0 Å². The lowest BCUT2D eigenvalue weighted by Gasteiger charge is -2.24. The first kappa shape index (κ1) is 24.0. The number of carbonyl (C=O) groups is 3. The van der Waals surface area contributed by atoms with Crippen molar-refractivity contribution in [3.05, 3.63) is 95.8 Å². The Bertz CT molecular complexity index is 1250. The van der Waals surface area contributed by atoms with Gasteiger partial charge >= 0.3 is 5.97 Å². The first-order chi connectivity index (χ1) is 16.9. The Balaban J connectivity index is 1.55. The molecule has 35 heavy (non-hydrogen) atoms. The molecule has 0 radical (unpaired) electrons. The topological polar surface area (TPSA) is 78.9 Å². The van der Waals surface area contributed by atoms with Crippen LogP contribution in [0.1, 0.15) is 22.3 Å². The van der Waals surface area contributed by atoms with Crippen molar-refractivity contribution in [3.63, 3.8) is 0 Å². The van der Waals surface area contributed by atoms with Gasteiger partial charge < -0.3 is 15.0 Å². The van der Waals surface area contributed by atoms with E-state index >= 15 is 0 Å². The van der Waals surface area contributed by atoms with E-state index in [0.717, 1.165) is 5.56 Å². The summed E-state index contributed by atoms with van der Waals surface area (Å²) >= 11 is 5.64. The number of anilines is 2. The fraction of sp³-hybridized carbons (Fsp3) is 0.154. The smallest absolute Gasteiger partial charge is 0.337 e. The van der Waals surface area contributed by atoms with Crippen LogP contribution >= 0.6 is 12.2 Å². The number of nitrogens with zero attached hydrogens (tertiary/aromatic N) is 2. The number of esters is 1. The van der Waals surface area contributed by atoms with Crippen molar-refractivity contribution in [3.8, 4) is 0 Å². The maximum absolute atomic E-state index is 13.4. The monoisotopic (exact) mass is 491 g/mol. The number of nitrogens with one attached hydrogen (secondary N) is 1. The molecule has 1 unspecified atom stereocenters. The molecule has 0 bridgehead atoms. The summed E-state index contributed by atoms with van der Waals surface area (Å²) in [6, 6.07) is 20.3. The zero-order valence-electron chi connectivity index (χ0n) is 18.8. The molecule has 1 fully saturated rings. The Morgan fingerprint density at radius 2 is 1.66 bits per heavy atom. The minimum Gasteiger partial charge on any atom is -0.465 e. The van der Waals surface area contributed by atoms with Gasteiger partial charge in [0.2, 0.25) is 5.91 Å². The van der Waals surface area contributed by atoms with E-state index in [1.54, 1.807) is 53.4 Å². The lowest BCUT2D eigenvalue weighted by Crippen LogP contribution is -2.37. The summed E-state index contributed by atoms with van der Waals surface area (Å²) in [4.78, 5) is 41.0. The van der Waals surface area contributed by atoms with Crippen LogP contribution in [0, 0.1) is 5.82 Å². The third-order valence-corrected chi connectivity index (χ3v) is 5.98. The standard InChI is InChI=1S/C26H22FN3O4S/c1-34-25(33)18-9-13-20(14-10-18)28-23(31)15-22-24(32)30(21-5-3-2-4-6-21)26(35)29(22)16-17-7-11-19(27)12-8-17/h2-14,22H,15-16H2,1H3,(H,28,31). The minimum atomic E-state index is -0.845. The highest BCUT2D eigenvalue weighted by Crippen LogP contribution is 2.29. The number of para-hydroxylation sites is 1. The van der Waals surface area contributed by atoms with Gasteiger partial charge in [-0.05, 0) is 66.3 Å². The molecule has 0 aliphatic carbocycles. The van der Waals surface area contributed by atoms with Gasteiger partial charge in [0.25, 0.3) is 5.91 Å². The van der Waals surface area contributed by atoms with Crippen LogP contribution in [-0.2, 0) is 20.9 Å². The molecule has 0 aromatic heterocycles. The number of methoxy groups -OCH3 is 1. The number of amides is 2. The number of carbonyl (C=O) groups excluding carboxylic acids is 3. The summed E-state index contributed by atoms with van der Waals surface area (Å²) in [6.07, 6.45) is -0.151. The van der Waals surface area contributed by atoms with Crippen molar-refractivity contribution in [2.24, 2.45) is 0 Å². The van der Waals surface area contributed by atoms with Crippen LogP contribution in [0.3, 0.4) is 0 Å². The molecule has 7 nitrogen and oxygen atoms in total. The molecule has 0 spiro atoms. The zero-order chi connectivity index (χ0) is 24.9. The molecule has 0 saturated carbocycles. The number of hydrogen-bond acceptors (Lipinski definition) is 5. The van der Waals surface area contributed by atoms with Gasteiger partial charge in [-0.15, -0.1) is 0 Å². The molecule has 1 heterocycles. The highest BCUT2D eigenvalue weighted by Gasteiger charge is 2.44. The van der Waals surface area contributed by atoms with Crippen LogP contribution in [0.15, 0.2) is 78.9 Å². The van der Waals surface area contributed by atoms with Gasteiger partial charge in [-0.1, -0.05) is 30.3 Å². The van der Waals surface area contributed by atoms with Crippen molar-refractivity contribution < 1.29 is 23.5 Å². The highest BCUT2D eigenvalue weighted by atomic mass is 32.1. The quantitative estimate of drug-likeness (QED) is 0.395. The Labute approximate surface area is 207 Å². The SMILES string of the molecule is COC(=O)c1ccc(NC(=O)CC2C(=O)N(c3ccccc3)C(=S)N2Cc2ccc(F)cc2)cc1. The lowest BCUT2D eigenvalue weighted by atomic mass is 10.1. The lowest BCUT2D eigenvalue weighted by molar-refractivity contribution is -0.124. The van der Waals surface area contributed by atoms with E-state index in [1.165, 1.54) is 36.3 Å². The fourth-order valence-corrected chi connectivity index (χ4v) is 4.20. The molecule has 178 valence electrons. The van der Waals surface area contributed by atoms with Gasteiger partial charge in [0.15, 0.2) is 5.11 Å². The minimum absolute atomic E-state index is 0.151. The number of ether oxygens (including phenoxy) is 1. The van der Waals surface area contributed by atoms with Gasteiger partial charge in [-0.25, -0.2) is 9.18 Å². The number of rotatable bonds is 7. The molecule has 3 aromatic rings. The van der Waals surface area contributed by atoms with Crippen LogP contribution in [0.2, 0.25) is 0 Å². The van der Waals surface area contributed by atoms with Crippen molar-refractivity contribution >= 4 is 46.5 Å². The maximum atomic E-state index is 13.4. The summed E-state index contributed by atoms with van der Waals surface area (Å²) in [5.41, 5.74) is 2.18. The summed E-state index contributed by atoms with van der Waals surface area (Å²) in [6.45, 7) is 0.236. The Kier molecular flexibility index (Phi) is 7.17. The molecule has 1 saturated heterocycles. The van der Waals surface area contributed by atoms with Crippen LogP contribution in [0.25, 0.3) is 0 Å². The first-order valence-corrected chi connectivity index (χ1v) is 11.2. The molecule has 3 aromatic carbocycles. The van der Waals surface area contributed by atoms with Crippen LogP contribution in [-0.4, -0.2) is 40.9 Å². The van der Waals surface area contributed by atoms with Crippen molar-refractivity contribution in [2.45, 2.75) is 19.0 Å². The van der Waals surface area contributed by atoms with Gasteiger partial charge in [0, 0.05) is 12.2 Å². The molecule has 9 heteroatoms. The van der Waals surface area contributed by atoms with Gasteiger partial charge in [0.05, 0.1) is 24.8 Å². The summed E-state index contributed by atoms with van der Waals surface area (Å²) in [5.74, 6) is -1.56. The van der Waals surface area contributed by atoms with Crippen molar-refractivity contribution in [1.29, 1.82) is 0 Å². The average Bonchev–Trinajstić information content (AvgIpc) is 3.09. The number of hydrogen-bond donors (Lipinski definition) is 1. The summed E-state index contributed by atoms with van der Waals surface area (Å²) < 4.78 is 18.1. The third kappa shape index (κ3) is 5.36. The van der Waals surface area contributed by atoms with E-state index < -0.39 is 17.9 Å². The third-order valence-electron chi connectivity index (χ3n) is 5.57. The summed E-state index contributed by atoms with van der Waals surface area (Å²) in [5, 5.41) is 3.02. The zero-order valence-corrected chi connectivity index (χ0v) is 19.6. The Morgan fingerprint density at radius 1 is 1.00 bits per heavy atom. The van der Waals surface area contributed by atoms with Crippen LogP contribution in [0.4, 0.5) is 15.8 Å². The van der Waals surface area contributed by atoms with Crippen molar-refractivity contribution in [2.75, 3.05) is 17.3 Å². The Morgan fingerprint density at radius 3 is 2.29 bits per heavy atom. The van der Waals surface area contributed by atoms with E-state index in [0.29, 0.717) is 16.9 Å². The molecular weight excluding hydrogens is 469 g/mol. The van der Waals surface area contributed by atoms with E-state index in [-0.39, 0.29) is 29.8 Å². The number of benzene rings is 3. The molecule has 1 N–H and O–H groups in total. The average molecular weight is 492 g/mol. The molecule has 2 amide bonds. The summed E-state index contributed by atoms with van der Waals surface area (Å²) in [7, 11) is 1.29. The fourth-order valence-electron chi connectivity index (χ4n) is 3.81. The predicted octanol–water partition coefficient (Wildman–Crippen LogP) is 4.14. The van der Waals surface area contributed by atoms with E-state index in [1.807, 2.05) is 6.07 Å². The normalized spacial score (nSPS) is 15.3. The number of thiocarbonyl (C=S) groups is 1. The van der Waals surface area contributed by atoms with Crippen LogP contribution < -0.4 is 10.2 Å². The Hall–Kier alpha value is -4.11. The molecular formula is C26H22FN3O4S. The van der Waals surface area contributed by atoms with E-state index in [2.05, 4.69) is 10.1 Å². The number of halogens is 1. The first-order valence-electron chi connectivity index (χ1n) is 10.8. The largest absolute Gasteiger partial charge is 0.465 e. The molecule has 1 atom stereocenters. The predicted molar refractivity (Wildman–Crippen MR) is 133 cm³/mol. The second-order valence-corrected chi connectivity index (χ2v) is 8.25. The van der Waals surface area contributed by atoms with Crippen molar-refractivity contribution in [1.82, 2.24) is 4.90 Å². The molecule has 1 aliphatic rings. The second kappa shape index (κ2) is 10.4. The van der Waals surface area contributed by atoms with E-state index in [4.69, 9.17) is 12.2 Å². The van der Waals surface area contributed by atoms with Gasteiger partial charge in [-0.3, -0.25) is 14.5 Å². The van der Waals surface area contributed by atoms with E-state index in [9.17, 15) is 18.8 Å². The maximum Gasteiger partial charge on any atom is 0.337 e. The highest BCUT2D eigenvalue weighted by molar-refractivity contribution is 7.80. The van der Waals surface area contributed by atoms with Crippen LogP contribution in [0.5, 0.6) is 0 Å². The second-order valence-electron chi connectivity index (χ2n) is 7.88. The molecule has 1 aliphatic heterocycles. The molecule has 4 rings (SSSR count).